The van der Waals surface area contributed by atoms with E-state index >= 15 is 0 Å². The Balaban J connectivity index is 1.84. The van der Waals surface area contributed by atoms with Gasteiger partial charge in [-0.2, -0.15) is 0 Å². The van der Waals surface area contributed by atoms with Crippen LogP contribution in [-0.4, -0.2) is 16.0 Å². The van der Waals surface area contributed by atoms with Crippen LogP contribution in [0.2, 0.25) is 0 Å². The molecule has 0 radical (unpaired) electrons. The Labute approximate surface area is 105 Å². The minimum atomic E-state index is 0.295. The van der Waals surface area contributed by atoms with Crippen molar-refractivity contribution in [2.45, 2.75) is 25.3 Å². The molecule has 3 N–H and O–H groups in total. The molecule has 0 saturated heterocycles. The Morgan fingerprint density at radius 2 is 2.12 bits per heavy atom. The van der Waals surface area contributed by atoms with Crippen molar-refractivity contribution in [1.82, 2.24) is 15.4 Å². The Morgan fingerprint density at radius 1 is 1.29 bits per heavy atom. The van der Waals surface area contributed by atoms with Crippen LogP contribution in [-0.2, 0) is 12.8 Å². The van der Waals surface area contributed by atoms with Crippen molar-refractivity contribution < 1.29 is 0 Å². The first-order chi connectivity index (χ1) is 8.38. The van der Waals surface area contributed by atoms with Gasteiger partial charge in [-0.05, 0) is 30.5 Å². The van der Waals surface area contributed by atoms with Gasteiger partial charge in [-0.3, -0.25) is 21.2 Å². The largest absolute Gasteiger partial charge is 0.271 e. The minimum absolute atomic E-state index is 0.295. The van der Waals surface area contributed by atoms with E-state index in [1.165, 1.54) is 10.4 Å². The summed E-state index contributed by atoms with van der Waals surface area (Å²) in [6.07, 6.45) is 8.51. The summed E-state index contributed by atoms with van der Waals surface area (Å²) in [6.45, 7) is 0. The van der Waals surface area contributed by atoms with E-state index in [4.69, 9.17) is 5.84 Å². The van der Waals surface area contributed by atoms with E-state index in [2.05, 4.69) is 15.4 Å². The second-order valence-corrected chi connectivity index (χ2v) is 4.90. The molecule has 0 fully saturated rings. The first-order valence-corrected chi connectivity index (χ1v) is 6.49. The molecule has 0 aliphatic rings. The standard InChI is InChI=1S/C12H16N4S/c13-16-11(7-12-8-15-9-17-12)2-1-10-3-5-14-6-4-10/h3-6,8-9,11,16H,1-2,7,13H2. The van der Waals surface area contributed by atoms with Gasteiger partial charge in [-0.25, -0.2) is 0 Å². The van der Waals surface area contributed by atoms with E-state index in [1.807, 2.05) is 36.2 Å². The van der Waals surface area contributed by atoms with Crippen molar-refractivity contribution in [3.63, 3.8) is 0 Å². The smallest absolute Gasteiger partial charge is 0.0794 e. The zero-order chi connectivity index (χ0) is 11.9. The number of aromatic nitrogens is 2. The lowest BCUT2D eigenvalue weighted by Gasteiger charge is -2.14. The van der Waals surface area contributed by atoms with Crippen molar-refractivity contribution in [1.29, 1.82) is 0 Å². The average Bonchev–Trinajstić information content (AvgIpc) is 2.88. The van der Waals surface area contributed by atoms with Gasteiger partial charge in [0.15, 0.2) is 0 Å². The number of hydrogen-bond acceptors (Lipinski definition) is 5. The van der Waals surface area contributed by atoms with E-state index in [9.17, 15) is 0 Å². The fraction of sp³-hybridized carbons (Fsp3) is 0.333. The van der Waals surface area contributed by atoms with Crippen LogP contribution in [0.15, 0.2) is 36.2 Å². The van der Waals surface area contributed by atoms with Gasteiger partial charge in [0, 0.05) is 35.9 Å². The third-order valence-electron chi connectivity index (χ3n) is 2.70. The molecule has 0 amide bonds. The fourth-order valence-corrected chi connectivity index (χ4v) is 2.40. The molecule has 0 spiro atoms. The Bertz CT molecular complexity index is 415. The summed E-state index contributed by atoms with van der Waals surface area (Å²) < 4.78 is 0. The molecule has 4 nitrogen and oxygen atoms in total. The van der Waals surface area contributed by atoms with Gasteiger partial charge in [-0.15, -0.1) is 11.3 Å². The van der Waals surface area contributed by atoms with E-state index < -0.39 is 0 Å². The number of nitrogens with two attached hydrogens (primary N) is 1. The van der Waals surface area contributed by atoms with E-state index in [0.29, 0.717) is 6.04 Å². The van der Waals surface area contributed by atoms with Crippen LogP contribution in [0.25, 0.3) is 0 Å². The molecule has 90 valence electrons. The van der Waals surface area contributed by atoms with Crippen LogP contribution in [0.4, 0.5) is 0 Å². The predicted molar refractivity (Wildman–Crippen MR) is 69.5 cm³/mol. The molecule has 2 rings (SSSR count). The molecule has 2 heterocycles. The maximum Gasteiger partial charge on any atom is 0.0794 e. The molecule has 0 aliphatic carbocycles. The van der Waals surface area contributed by atoms with Crippen LogP contribution in [0.1, 0.15) is 16.9 Å². The number of thiazole rings is 1. The Hall–Kier alpha value is -1.30. The highest BCUT2D eigenvalue weighted by atomic mass is 32.1. The Kier molecular flexibility index (Phi) is 4.61. The lowest BCUT2D eigenvalue weighted by Crippen LogP contribution is -2.36. The number of hydrazine groups is 1. The number of nitrogens with zero attached hydrogens (tertiary/aromatic N) is 2. The third-order valence-corrected chi connectivity index (χ3v) is 3.50. The second-order valence-electron chi connectivity index (χ2n) is 3.93. The third kappa shape index (κ3) is 3.89. The molecule has 0 saturated carbocycles. The van der Waals surface area contributed by atoms with E-state index in [0.717, 1.165) is 19.3 Å². The molecule has 1 atom stereocenters. The van der Waals surface area contributed by atoms with Gasteiger partial charge < -0.3 is 0 Å². The molecule has 17 heavy (non-hydrogen) atoms. The molecule has 0 aromatic carbocycles. The summed E-state index contributed by atoms with van der Waals surface area (Å²) in [7, 11) is 0. The zero-order valence-electron chi connectivity index (χ0n) is 9.54. The van der Waals surface area contributed by atoms with Gasteiger partial charge in [0.2, 0.25) is 0 Å². The normalized spacial score (nSPS) is 12.5. The number of aryl methyl sites for hydroxylation is 1. The van der Waals surface area contributed by atoms with Crippen molar-refractivity contribution in [3.8, 4) is 0 Å². The molecule has 5 heteroatoms. The van der Waals surface area contributed by atoms with E-state index in [-0.39, 0.29) is 0 Å². The quantitative estimate of drug-likeness (QED) is 0.601. The Morgan fingerprint density at radius 3 is 2.76 bits per heavy atom. The van der Waals surface area contributed by atoms with Gasteiger partial charge in [0.25, 0.3) is 0 Å². The minimum Gasteiger partial charge on any atom is -0.271 e. The van der Waals surface area contributed by atoms with Crippen LogP contribution in [0.3, 0.4) is 0 Å². The summed E-state index contributed by atoms with van der Waals surface area (Å²) >= 11 is 1.67. The van der Waals surface area contributed by atoms with Gasteiger partial charge >= 0.3 is 0 Å². The van der Waals surface area contributed by atoms with Crippen molar-refractivity contribution >= 4 is 11.3 Å². The predicted octanol–water partition coefficient (Wildman–Crippen LogP) is 1.55. The lowest BCUT2D eigenvalue weighted by molar-refractivity contribution is 0.494. The molecular weight excluding hydrogens is 232 g/mol. The van der Waals surface area contributed by atoms with Crippen LogP contribution in [0, 0.1) is 0 Å². The maximum atomic E-state index is 5.58. The lowest BCUT2D eigenvalue weighted by atomic mass is 10.0. The molecule has 2 aromatic rings. The number of nitrogens with one attached hydrogen (secondary N) is 1. The monoisotopic (exact) mass is 248 g/mol. The van der Waals surface area contributed by atoms with Crippen molar-refractivity contribution in [3.05, 3.63) is 46.7 Å². The highest BCUT2D eigenvalue weighted by molar-refractivity contribution is 7.09. The molecule has 0 aliphatic heterocycles. The first kappa shape index (κ1) is 12.2. The highest BCUT2D eigenvalue weighted by Crippen LogP contribution is 2.12. The first-order valence-electron chi connectivity index (χ1n) is 5.61. The SMILES string of the molecule is NNC(CCc1ccncc1)Cc1cncs1. The molecule has 2 aromatic heterocycles. The number of hydrogen-bond donors (Lipinski definition) is 2. The van der Waals surface area contributed by atoms with Gasteiger partial charge in [0.1, 0.15) is 0 Å². The summed E-state index contributed by atoms with van der Waals surface area (Å²) in [4.78, 5) is 9.34. The number of pyridine rings is 1. The van der Waals surface area contributed by atoms with Crippen LogP contribution >= 0.6 is 11.3 Å². The van der Waals surface area contributed by atoms with Crippen molar-refractivity contribution in [2.24, 2.45) is 5.84 Å². The van der Waals surface area contributed by atoms with Gasteiger partial charge in [0.05, 0.1) is 5.51 Å². The van der Waals surface area contributed by atoms with Crippen molar-refractivity contribution in [2.75, 3.05) is 0 Å². The molecular formula is C12H16N4S. The molecule has 1 unspecified atom stereocenters. The fourth-order valence-electron chi connectivity index (χ4n) is 1.72. The zero-order valence-corrected chi connectivity index (χ0v) is 10.4. The molecule has 0 bridgehead atoms. The summed E-state index contributed by atoms with van der Waals surface area (Å²) in [5.41, 5.74) is 6.02. The maximum absolute atomic E-state index is 5.58. The number of rotatable bonds is 6. The van der Waals surface area contributed by atoms with E-state index in [1.54, 1.807) is 11.3 Å². The van der Waals surface area contributed by atoms with Gasteiger partial charge in [-0.1, -0.05) is 0 Å². The summed E-state index contributed by atoms with van der Waals surface area (Å²) in [5.74, 6) is 5.58. The van der Waals surface area contributed by atoms with Crippen LogP contribution < -0.4 is 11.3 Å². The second kappa shape index (κ2) is 6.44. The highest BCUT2D eigenvalue weighted by Gasteiger charge is 2.08. The summed E-state index contributed by atoms with van der Waals surface area (Å²) in [6, 6.07) is 4.38. The van der Waals surface area contributed by atoms with Crippen LogP contribution in [0.5, 0.6) is 0 Å². The summed E-state index contributed by atoms with van der Waals surface area (Å²) in [5, 5.41) is 0. The topological polar surface area (TPSA) is 63.8 Å². The average molecular weight is 248 g/mol.